The topological polar surface area (TPSA) is 67.1 Å². The second-order valence-electron chi connectivity index (χ2n) is 13.9. The van der Waals surface area contributed by atoms with Crippen LogP contribution >= 0.6 is 0 Å². The molecule has 0 saturated carbocycles. The van der Waals surface area contributed by atoms with E-state index in [-0.39, 0.29) is 18.2 Å². The lowest BCUT2D eigenvalue weighted by atomic mass is 9.81. The summed E-state index contributed by atoms with van der Waals surface area (Å²) in [5.41, 5.74) is 7.95. The van der Waals surface area contributed by atoms with Gasteiger partial charge in [0.1, 0.15) is 11.9 Å². The number of nitrogens with zero attached hydrogens (tertiary/aromatic N) is 2. The van der Waals surface area contributed by atoms with Crippen LogP contribution in [0, 0.1) is 17.8 Å². The van der Waals surface area contributed by atoms with Crippen LogP contribution in [0.5, 0.6) is 0 Å². The highest BCUT2D eigenvalue weighted by Crippen LogP contribution is 2.38. The molecule has 0 fully saturated rings. The molecule has 2 heterocycles. The Labute approximate surface area is 285 Å². The number of hydrogen-bond donors (Lipinski definition) is 3. The lowest BCUT2D eigenvalue weighted by molar-refractivity contribution is -0.730. The number of nitrogens with one attached hydrogen (secondary N) is 2. The molecule has 7 atom stereocenters. The minimum atomic E-state index is -0.193. The maximum Gasteiger partial charge on any atom is 0.166 e. The zero-order valence-corrected chi connectivity index (χ0v) is 27.7. The summed E-state index contributed by atoms with van der Waals surface area (Å²) >= 11 is 0. The summed E-state index contributed by atoms with van der Waals surface area (Å²) in [5, 5.41) is 15.5. The van der Waals surface area contributed by atoms with Gasteiger partial charge < -0.3 is 21.3 Å². The van der Waals surface area contributed by atoms with E-state index >= 15 is 0 Å². The molecule has 7 unspecified atom stereocenters. The second-order valence-corrected chi connectivity index (χ2v) is 13.9. The third kappa shape index (κ3) is 6.89. The second kappa shape index (κ2) is 14.3. The lowest BCUT2D eigenvalue weighted by Crippen LogP contribution is -2.96. The SMILES string of the molecule is C1=CCC(C2NC(C3C=C(C4=CC(C5=NC(c6ccccc6)[N-]C(C6=CCCC=C6)N5)CCC4)C=CC3)=CC(c3ccccc3)[NH2+]2)C=C1. The molecule has 6 aliphatic rings. The molecular formula is C43H47N5. The molecule has 244 valence electrons. The zero-order chi connectivity index (χ0) is 32.1. The van der Waals surface area contributed by atoms with Gasteiger partial charge in [-0.25, -0.2) is 0 Å². The Balaban J connectivity index is 1.07. The zero-order valence-electron chi connectivity index (χ0n) is 27.7. The molecule has 0 bridgehead atoms. The highest BCUT2D eigenvalue weighted by Gasteiger charge is 2.33. The van der Waals surface area contributed by atoms with Gasteiger partial charge in [-0.05, 0) is 80.1 Å². The number of benzene rings is 2. The Hall–Kier alpha value is -4.45. The maximum absolute atomic E-state index is 5.25. The van der Waals surface area contributed by atoms with Gasteiger partial charge in [0.05, 0.1) is 5.92 Å². The molecule has 0 radical (unpaired) electrons. The van der Waals surface area contributed by atoms with E-state index < -0.39 is 0 Å². The number of rotatable bonds is 7. The Morgan fingerprint density at radius 3 is 2.42 bits per heavy atom. The molecule has 2 aromatic carbocycles. The van der Waals surface area contributed by atoms with Crippen molar-refractivity contribution in [1.82, 2.24) is 10.6 Å². The fraction of sp³-hybridized carbons (Fsp3) is 0.326. The molecule has 2 aliphatic heterocycles. The van der Waals surface area contributed by atoms with E-state index in [1.165, 1.54) is 28.0 Å². The van der Waals surface area contributed by atoms with Crippen molar-refractivity contribution in [1.29, 1.82) is 0 Å². The van der Waals surface area contributed by atoms with E-state index in [9.17, 15) is 0 Å². The number of quaternary nitrogens is 1. The molecule has 4 aliphatic carbocycles. The third-order valence-electron chi connectivity index (χ3n) is 10.6. The van der Waals surface area contributed by atoms with Crippen molar-refractivity contribution in [2.75, 3.05) is 0 Å². The standard InChI is InChI=1S/C43H46N5/c1-5-15-30(16-6-1)38-29-39(45-40(44-38)31-17-7-2-8-18-31)36-25-13-23-34(27-36)35-24-14-26-37(28-35)43-47-41(32-19-9-3-10-20-32)46-42(48-43)33-21-11-4-12-22-33/h1-3,5-11,13,15-17,19-23,27-29,31,36-38,40-42,44-45H,4,12,14,18,24-26H2,(H,47,48)/q-1/p+1. The first-order valence-electron chi connectivity index (χ1n) is 18.0. The Morgan fingerprint density at radius 1 is 0.771 bits per heavy atom. The Bertz CT molecular complexity index is 1740. The van der Waals surface area contributed by atoms with Crippen LogP contribution in [0.15, 0.2) is 161 Å². The molecule has 0 spiro atoms. The summed E-state index contributed by atoms with van der Waals surface area (Å²) < 4.78 is 0. The van der Waals surface area contributed by atoms with E-state index in [4.69, 9.17) is 10.3 Å². The fourth-order valence-electron chi connectivity index (χ4n) is 8.00. The fourth-order valence-corrected chi connectivity index (χ4v) is 8.00. The van der Waals surface area contributed by atoms with E-state index in [1.54, 1.807) is 0 Å². The van der Waals surface area contributed by atoms with Crippen molar-refractivity contribution in [3.63, 3.8) is 0 Å². The molecule has 5 nitrogen and oxygen atoms in total. The van der Waals surface area contributed by atoms with E-state index in [0.29, 0.717) is 24.0 Å². The molecule has 8 rings (SSSR count). The molecule has 48 heavy (non-hydrogen) atoms. The number of nitrogens with two attached hydrogens (primary N) is 1. The summed E-state index contributed by atoms with van der Waals surface area (Å²) in [5.74, 6) is 2.12. The van der Waals surface area contributed by atoms with E-state index in [0.717, 1.165) is 56.3 Å². The minimum absolute atomic E-state index is 0.0719. The number of amidine groups is 1. The van der Waals surface area contributed by atoms with Crippen molar-refractivity contribution < 1.29 is 5.32 Å². The molecule has 2 aromatic rings. The van der Waals surface area contributed by atoms with Crippen LogP contribution < -0.4 is 16.0 Å². The molecule has 0 amide bonds. The Kier molecular flexibility index (Phi) is 9.22. The quantitative estimate of drug-likeness (QED) is 0.288. The summed E-state index contributed by atoms with van der Waals surface area (Å²) in [6.07, 6.45) is 35.8. The maximum atomic E-state index is 5.25. The molecule has 0 aromatic heterocycles. The smallest absolute Gasteiger partial charge is 0.166 e. The van der Waals surface area contributed by atoms with E-state index in [2.05, 4.69) is 150 Å². The van der Waals surface area contributed by atoms with Crippen molar-refractivity contribution in [2.24, 2.45) is 22.7 Å². The largest absolute Gasteiger partial charge is 0.613 e. The van der Waals surface area contributed by atoms with Crippen LogP contribution in [0.4, 0.5) is 0 Å². The number of hydrogen-bond acceptors (Lipinski definition) is 3. The van der Waals surface area contributed by atoms with Gasteiger partial charge in [0.15, 0.2) is 6.17 Å². The predicted octanol–water partition coefficient (Wildman–Crippen LogP) is 8.14. The average molecular weight is 634 g/mol. The van der Waals surface area contributed by atoms with Gasteiger partial charge in [0.2, 0.25) is 0 Å². The van der Waals surface area contributed by atoms with Crippen LogP contribution in [-0.4, -0.2) is 18.2 Å². The van der Waals surface area contributed by atoms with Crippen LogP contribution in [0.25, 0.3) is 5.32 Å². The predicted molar refractivity (Wildman–Crippen MR) is 197 cm³/mol. The third-order valence-corrected chi connectivity index (χ3v) is 10.6. The Morgan fingerprint density at radius 2 is 1.62 bits per heavy atom. The summed E-state index contributed by atoms with van der Waals surface area (Å²) in [6, 6.07) is 21.8. The van der Waals surface area contributed by atoms with Crippen LogP contribution in [-0.2, 0) is 0 Å². The van der Waals surface area contributed by atoms with Crippen molar-refractivity contribution in [3.05, 3.63) is 172 Å². The summed E-state index contributed by atoms with van der Waals surface area (Å²) in [4.78, 5) is 5.25. The van der Waals surface area contributed by atoms with Crippen molar-refractivity contribution in [2.45, 2.75) is 69.5 Å². The highest BCUT2D eigenvalue weighted by atomic mass is 15.3. The highest BCUT2D eigenvalue weighted by molar-refractivity contribution is 5.89. The van der Waals surface area contributed by atoms with Crippen LogP contribution in [0.2, 0.25) is 0 Å². The van der Waals surface area contributed by atoms with Gasteiger partial charge in [-0.15, -0.1) is 0 Å². The van der Waals surface area contributed by atoms with Crippen LogP contribution in [0.1, 0.15) is 68.3 Å². The molecular weight excluding hydrogens is 587 g/mol. The normalized spacial score (nSPS) is 31.4. The van der Waals surface area contributed by atoms with Crippen molar-refractivity contribution in [3.8, 4) is 0 Å². The number of allylic oxidation sites excluding steroid dienone is 10. The van der Waals surface area contributed by atoms with Gasteiger partial charge in [-0.3, -0.25) is 4.99 Å². The van der Waals surface area contributed by atoms with E-state index in [1.807, 2.05) is 0 Å². The van der Waals surface area contributed by atoms with Gasteiger partial charge in [-0.1, -0.05) is 133 Å². The van der Waals surface area contributed by atoms with Gasteiger partial charge in [0, 0.05) is 23.1 Å². The van der Waals surface area contributed by atoms with Gasteiger partial charge in [0.25, 0.3) is 0 Å². The first-order valence-corrected chi connectivity index (χ1v) is 18.0. The molecule has 4 N–H and O–H groups in total. The lowest BCUT2D eigenvalue weighted by Gasteiger charge is -2.46. The number of aliphatic imine (C=N–C) groups is 1. The summed E-state index contributed by atoms with van der Waals surface area (Å²) in [7, 11) is 0. The molecule has 5 heteroatoms. The van der Waals surface area contributed by atoms with Gasteiger partial charge in [-0.2, -0.15) is 0 Å². The molecule has 0 saturated heterocycles. The monoisotopic (exact) mass is 633 g/mol. The first kappa shape index (κ1) is 30.9. The van der Waals surface area contributed by atoms with Crippen LogP contribution in [0.3, 0.4) is 0 Å². The summed E-state index contributed by atoms with van der Waals surface area (Å²) in [6.45, 7) is 0. The average Bonchev–Trinajstić information content (AvgIpc) is 3.19. The van der Waals surface area contributed by atoms with Gasteiger partial charge >= 0.3 is 0 Å². The minimum Gasteiger partial charge on any atom is -0.613 e. The van der Waals surface area contributed by atoms with Crippen molar-refractivity contribution >= 4 is 5.84 Å². The first-order chi connectivity index (χ1) is 23.8.